The molecule has 1 aliphatic carbocycles. The second kappa shape index (κ2) is 4.18. The number of ether oxygens (including phenoxy) is 1. The Hall–Kier alpha value is -1.10. The molecule has 1 N–H and O–H groups in total. The third-order valence-corrected chi connectivity index (χ3v) is 2.61. The fourth-order valence-corrected chi connectivity index (χ4v) is 1.65. The molecule has 0 aromatic carbocycles. The van der Waals surface area contributed by atoms with Crippen molar-refractivity contribution >= 4 is 27.7 Å². The second-order valence-electron chi connectivity index (χ2n) is 3.48. The average molecular weight is 271 g/mol. The molecule has 0 radical (unpaired) electrons. The second-order valence-corrected chi connectivity index (χ2v) is 4.29. The van der Waals surface area contributed by atoms with E-state index >= 15 is 0 Å². The van der Waals surface area contributed by atoms with Crippen LogP contribution in [0.2, 0.25) is 0 Å². The number of anilines is 1. The summed E-state index contributed by atoms with van der Waals surface area (Å²) in [4.78, 5) is 15.6. The van der Waals surface area contributed by atoms with Gasteiger partial charge in [0.2, 0.25) is 5.91 Å². The summed E-state index contributed by atoms with van der Waals surface area (Å²) in [7, 11) is 1.58. The van der Waals surface area contributed by atoms with Gasteiger partial charge in [0.25, 0.3) is 0 Å². The number of rotatable bonds is 3. The summed E-state index contributed by atoms with van der Waals surface area (Å²) < 4.78 is 5.72. The van der Waals surface area contributed by atoms with Gasteiger partial charge in [-0.2, -0.15) is 0 Å². The molecule has 1 aliphatic rings. The van der Waals surface area contributed by atoms with Crippen LogP contribution in [0.5, 0.6) is 5.75 Å². The summed E-state index contributed by atoms with van der Waals surface area (Å²) in [6, 6.07) is 3.44. The lowest BCUT2D eigenvalue weighted by Gasteiger charge is -2.06. The van der Waals surface area contributed by atoms with Crippen molar-refractivity contribution in [1.82, 2.24) is 4.98 Å². The first kappa shape index (κ1) is 10.4. The van der Waals surface area contributed by atoms with Gasteiger partial charge in [-0.3, -0.25) is 4.79 Å². The Labute approximate surface area is 96.2 Å². The van der Waals surface area contributed by atoms with Gasteiger partial charge in [-0.25, -0.2) is 4.98 Å². The van der Waals surface area contributed by atoms with E-state index in [1.54, 1.807) is 19.2 Å². The Morgan fingerprint density at radius 2 is 2.33 bits per heavy atom. The van der Waals surface area contributed by atoms with Gasteiger partial charge in [-0.1, -0.05) is 0 Å². The largest absolute Gasteiger partial charge is 0.497 e. The molecule has 0 atom stereocenters. The lowest BCUT2D eigenvalue weighted by atomic mass is 10.3. The molecule has 0 saturated heterocycles. The molecule has 1 aromatic heterocycles. The van der Waals surface area contributed by atoms with E-state index in [4.69, 9.17) is 4.74 Å². The minimum Gasteiger partial charge on any atom is -0.497 e. The van der Waals surface area contributed by atoms with Gasteiger partial charge in [0, 0.05) is 18.1 Å². The highest BCUT2D eigenvalue weighted by Crippen LogP contribution is 2.30. The molecule has 1 heterocycles. The predicted molar refractivity (Wildman–Crippen MR) is 59.8 cm³/mol. The fourth-order valence-electron chi connectivity index (χ4n) is 1.23. The molecule has 1 saturated carbocycles. The van der Waals surface area contributed by atoms with Crippen molar-refractivity contribution < 1.29 is 9.53 Å². The molecule has 5 heteroatoms. The SMILES string of the molecule is COc1cc(Br)nc(NC(=O)C2CC2)c1. The number of carbonyl (C=O) groups is 1. The summed E-state index contributed by atoms with van der Waals surface area (Å²) in [5, 5.41) is 2.76. The summed E-state index contributed by atoms with van der Waals surface area (Å²) in [5.41, 5.74) is 0. The van der Waals surface area contributed by atoms with Crippen molar-refractivity contribution in [2.45, 2.75) is 12.8 Å². The highest BCUT2D eigenvalue weighted by atomic mass is 79.9. The van der Waals surface area contributed by atoms with E-state index < -0.39 is 0 Å². The number of halogens is 1. The third kappa shape index (κ3) is 2.68. The molecule has 1 aromatic rings. The molecular formula is C10H11BrN2O2. The van der Waals surface area contributed by atoms with Gasteiger partial charge in [-0.05, 0) is 28.8 Å². The molecule has 2 rings (SSSR count). The maximum absolute atomic E-state index is 11.5. The van der Waals surface area contributed by atoms with E-state index in [1.165, 1.54) is 0 Å². The molecule has 0 spiro atoms. The van der Waals surface area contributed by atoms with Gasteiger partial charge in [0.15, 0.2) is 0 Å². The maximum atomic E-state index is 11.5. The lowest BCUT2D eigenvalue weighted by molar-refractivity contribution is -0.117. The molecule has 1 amide bonds. The number of hydrogen-bond donors (Lipinski definition) is 1. The zero-order valence-corrected chi connectivity index (χ0v) is 9.87. The number of hydrogen-bond acceptors (Lipinski definition) is 3. The molecule has 0 unspecified atom stereocenters. The van der Waals surface area contributed by atoms with Crippen LogP contribution in [0.4, 0.5) is 5.82 Å². The number of amides is 1. The Bertz CT molecular complexity index is 391. The first-order valence-corrected chi connectivity index (χ1v) is 5.51. The quantitative estimate of drug-likeness (QED) is 0.857. The van der Waals surface area contributed by atoms with E-state index in [0.717, 1.165) is 12.8 Å². The minimum atomic E-state index is 0.0441. The Morgan fingerprint density at radius 3 is 2.93 bits per heavy atom. The van der Waals surface area contributed by atoms with Crippen LogP contribution in [-0.4, -0.2) is 18.0 Å². The van der Waals surface area contributed by atoms with Crippen molar-refractivity contribution in [1.29, 1.82) is 0 Å². The van der Waals surface area contributed by atoms with E-state index in [1.807, 2.05) is 0 Å². The molecule has 0 aliphatic heterocycles. The minimum absolute atomic E-state index is 0.0441. The van der Waals surface area contributed by atoms with Gasteiger partial charge in [0.05, 0.1) is 7.11 Å². The van der Waals surface area contributed by atoms with Crippen LogP contribution < -0.4 is 10.1 Å². The molecule has 15 heavy (non-hydrogen) atoms. The topological polar surface area (TPSA) is 51.2 Å². The number of nitrogens with one attached hydrogen (secondary N) is 1. The fraction of sp³-hybridized carbons (Fsp3) is 0.400. The van der Waals surface area contributed by atoms with Crippen LogP contribution in [0.25, 0.3) is 0 Å². The number of pyridine rings is 1. The van der Waals surface area contributed by atoms with Gasteiger partial charge in [0.1, 0.15) is 16.2 Å². The van der Waals surface area contributed by atoms with Crippen molar-refractivity contribution in [3.05, 3.63) is 16.7 Å². The average Bonchev–Trinajstić information content (AvgIpc) is 2.99. The van der Waals surface area contributed by atoms with E-state index in [9.17, 15) is 4.79 Å². The highest BCUT2D eigenvalue weighted by Gasteiger charge is 2.29. The van der Waals surface area contributed by atoms with Crippen LogP contribution in [0.3, 0.4) is 0 Å². The summed E-state index contributed by atoms with van der Waals surface area (Å²) in [6.45, 7) is 0. The van der Waals surface area contributed by atoms with Crippen LogP contribution in [0, 0.1) is 5.92 Å². The maximum Gasteiger partial charge on any atom is 0.228 e. The van der Waals surface area contributed by atoms with Crippen molar-refractivity contribution in [2.24, 2.45) is 5.92 Å². The Balaban J connectivity index is 2.12. The van der Waals surface area contributed by atoms with Crippen LogP contribution in [0.15, 0.2) is 16.7 Å². The van der Waals surface area contributed by atoms with Crippen LogP contribution >= 0.6 is 15.9 Å². The number of methoxy groups -OCH3 is 1. The number of nitrogens with zero attached hydrogens (tertiary/aromatic N) is 1. The zero-order valence-electron chi connectivity index (χ0n) is 8.29. The van der Waals surface area contributed by atoms with E-state index in [0.29, 0.717) is 16.2 Å². The first-order valence-electron chi connectivity index (χ1n) is 4.71. The number of carbonyl (C=O) groups excluding carboxylic acids is 1. The van der Waals surface area contributed by atoms with Crippen LogP contribution in [-0.2, 0) is 4.79 Å². The summed E-state index contributed by atoms with van der Waals surface area (Å²) in [6.07, 6.45) is 1.97. The first-order chi connectivity index (χ1) is 7.19. The number of aromatic nitrogens is 1. The summed E-state index contributed by atoms with van der Waals surface area (Å²) >= 11 is 3.25. The smallest absolute Gasteiger partial charge is 0.228 e. The van der Waals surface area contributed by atoms with Gasteiger partial charge >= 0.3 is 0 Å². The predicted octanol–water partition coefficient (Wildman–Crippen LogP) is 2.20. The molecular weight excluding hydrogens is 260 g/mol. The molecule has 80 valence electrons. The van der Waals surface area contributed by atoms with Gasteiger partial charge in [-0.15, -0.1) is 0 Å². The van der Waals surface area contributed by atoms with Gasteiger partial charge < -0.3 is 10.1 Å². The molecule has 1 fully saturated rings. The van der Waals surface area contributed by atoms with E-state index in [-0.39, 0.29) is 11.8 Å². The molecule has 0 bridgehead atoms. The zero-order chi connectivity index (χ0) is 10.8. The Kier molecular flexibility index (Phi) is 2.90. The van der Waals surface area contributed by atoms with Crippen molar-refractivity contribution in [2.75, 3.05) is 12.4 Å². The monoisotopic (exact) mass is 270 g/mol. The molecule has 4 nitrogen and oxygen atoms in total. The van der Waals surface area contributed by atoms with Crippen molar-refractivity contribution in [3.8, 4) is 5.75 Å². The standard InChI is InChI=1S/C10H11BrN2O2/c1-15-7-4-8(11)12-9(5-7)13-10(14)6-2-3-6/h4-6H,2-3H2,1H3,(H,12,13,14). The Morgan fingerprint density at radius 1 is 1.60 bits per heavy atom. The van der Waals surface area contributed by atoms with Crippen molar-refractivity contribution in [3.63, 3.8) is 0 Å². The summed E-state index contributed by atoms with van der Waals surface area (Å²) in [5.74, 6) is 1.42. The third-order valence-electron chi connectivity index (χ3n) is 2.20. The highest BCUT2D eigenvalue weighted by molar-refractivity contribution is 9.10. The van der Waals surface area contributed by atoms with E-state index in [2.05, 4.69) is 26.2 Å². The normalized spacial score (nSPS) is 14.8. The van der Waals surface area contributed by atoms with Crippen LogP contribution in [0.1, 0.15) is 12.8 Å². The lowest BCUT2D eigenvalue weighted by Crippen LogP contribution is -2.14.